The van der Waals surface area contributed by atoms with E-state index in [4.69, 9.17) is 25.8 Å². The van der Waals surface area contributed by atoms with E-state index in [-0.39, 0.29) is 12.6 Å². The summed E-state index contributed by atoms with van der Waals surface area (Å²) in [5.74, 6) is 1.14. The molecule has 5 rings (SSSR count). The first-order chi connectivity index (χ1) is 18.3. The first-order valence-corrected chi connectivity index (χ1v) is 12.7. The first-order valence-electron chi connectivity index (χ1n) is 12.3. The lowest BCUT2D eigenvalue weighted by Gasteiger charge is -2.25. The molecule has 2 saturated heterocycles. The number of hydrogen-bond donors (Lipinski definition) is 0. The number of rotatable bonds is 7. The molecule has 3 aromatic rings. The predicted molar refractivity (Wildman–Crippen MR) is 137 cm³/mol. The van der Waals surface area contributed by atoms with Crippen LogP contribution in [-0.2, 0) is 15.7 Å². The van der Waals surface area contributed by atoms with Crippen molar-refractivity contribution in [3.63, 3.8) is 0 Å². The summed E-state index contributed by atoms with van der Waals surface area (Å²) in [6.07, 6.45) is -3.59. The van der Waals surface area contributed by atoms with Crippen molar-refractivity contribution in [1.29, 1.82) is 0 Å². The van der Waals surface area contributed by atoms with Gasteiger partial charge in [-0.25, -0.2) is 4.79 Å². The first kappa shape index (κ1) is 26.3. The largest absolute Gasteiger partial charge is 0.457 e. The summed E-state index contributed by atoms with van der Waals surface area (Å²) < 4.78 is 57.4. The Morgan fingerprint density at radius 1 is 0.947 bits per heavy atom. The number of carbonyl (C=O) groups excluding carboxylic acids is 1. The van der Waals surface area contributed by atoms with Crippen molar-refractivity contribution in [3.8, 4) is 11.5 Å². The lowest BCUT2D eigenvalue weighted by atomic mass is 10.0. The monoisotopic (exact) mass is 546 g/mol. The van der Waals surface area contributed by atoms with Crippen molar-refractivity contribution in [2.24, 2.45) is 0 Å². The standard InChI is InChI=1S/C28H26ClF3N2O4/c29-21-5-9-23(10-6-21)38-24-11-7-22(8-12-24)34-25(19-3-1-4-20(17-19)28(30,31)32)18-33(27(34)35)14-13-26-36-15-2-16-37-26/h1,3-12,17,25-26H,2,13-16,18H2. The van der Waals surface area contributed by atoms with Crippen LogP contribution in [0.25, 0.3) is 0 Å². The summed E-state index contributed by atoms with van der Waals surface area (Å²) in [5, 5.41) is 0.590. The predicted octanol–water partition coefficient (Wildman–Crippen LogP) is 7.29. The van der Waals surface area contributed by atoms with E-state index in [0.29, 0.717) is 54.0 Å². The molecule has 0 spiro atoms. The summed E-state index contributed by atoms with van der Waals surface area (Å²) in [4.78, 5) is 16.7. The van der Waals surface area contributed by atoms with Crippen LogP contribution < -0.4 is 9.64 Å². The van der Waals surface area contributed by atoms with E-state index in [9.17, 15) is 18.0 Å². The quantitative estimate of drug-likeness (QED) is 0.312. The Morgan fingerprint density at radius 2 is 1.61 bits per heavy atom. The molecule has 1 atom stereocenters. The zero-order valence-electron chi connectivity index (χ0n) is 20.4. The van der Waals surface area contributed by atoms with E-state index in [1.54, 1.807) is 59.5 Å². The Balaban J connectivity index is 1.39. The molecule has 0 N–H and O–H groups in total. The van der Waals surface area contributed by atoms with Crippen LogP contribution in [0.3, 0.4) is 0 Å². The number of halogens is 4. The lowest BCUT2D eigenvalue weighted by molar-refractivity contribution is -0.181. The van der Waals surface area contributed by atoms with E-state index in [1.807, 2.05) is 0 Å². The number of nitrogens with zero attached hydrogens (tertiary/aromatic N) is 2. The van der Waals surface area contributed by atoms with Gasteiger partial charge in [-0.3, -0.25) is 4.90 Å². The average molecular weight is 547 g/mol. The second-order valence-corrected chi connectivity index (χ2v) is 9.54. The fourth-order valence-corrected chi connectivity index (χ4v) is 4.71. The van der Waals surface area contributed by atoms with Gasteiger partial charge in [0.15, 0.2) is 6.29 Å². The maximum atomic E-state index is 13.6. The minimum atomic E-state index is -4.49. The number of benzene rings is 3. The fourth-order valence-electron chi connectivity index (χ4n) is 4.59. The summed E-state index contributed by atoms with van der Waals surface area (Å²) >= 11 is 5.93. The molecule has 0 aromatic heterocycles. The lowest BCUT2D eigenvalue weighted by Crippen LogP contribution is -2.35. The number of carbonyl (C=O) groups is 1. The van der Waals surface area contributed by atoms with Crippen LogP contribution in [0.5, 0.6) is 11.5 Å². The van der Waals surface area contributed by atoms with Crippen molar-refractivity contribution >= 4 is 23.3 Å². The van der Waals surface area contributed by atoms with E-state index in [2.05, 4.69) is 0 Å². The molecule has 0 bridgehead atoms. The van der Waals surface area contributed by atoms with Gasteiger partial charge in [-0.1, -0.05) is 23.7 Å². The highest BCUT2D eigenvalue weighted by Gasteiger charge is 2.40. The average Bonchev–Trinajstić information content (AvgIpc) is 3.25. The van der Waals surface area contributed by atoms with Gasteiger partial charge in [0.2, 0.25) is 0 Å². The fraction of sp³-hybridized carbons (Fsp3) is 0.321. The zero-order valence-corrected chi connectivity index (χ0v) is 21.1. The van der Waals surface area contributed by atoms with E-state index in [1.165, 1.54) is 11.0 Å². The Labute approximate surface area is 223 Å². The van der Waals surface area contributed by atoms with Crippen LogP contribution in [-0.4, -0.2) is 43.5 Å². The minimum absolute atomic E-state index is 0.232. The molecule has 3 aromatic carbocycles. The molecule has 2 aliphatic rings. The molecule has 2 amide bonds. The molecule has 0 saturated carbocycles. The normalized spacial score (nSPS) is 18.7. The van der Waals surface area contributed by atoms with Gasteiger partial charge in [-0.2, -0.15) is 13.2 Å². The van der Waals surface area contributed by atoms with Gasteiger partial charge >= 0.3 is 12.2 Å². The molecule has 2 heterocycles. The Bertz CT molecular complexity index is 1250. The molecule has 0 radical (unpaired) electrons. The minimum Gasteiger partial charge on any atom is -0.457 e. The Kier molecular flexibility index (Phi) is 7.78. The molecular formula is C28H26ClF3N2O4. The molecule has 1 unspecified atom stereocenters. The van der Waals surface area contributed by atoms with Gasteiger partial charge in [0.25, 0.3) is 0 Å². The van der Waals surface area contributed by atoms with Crippen LogP contribution >= 0.6 is 11.6 Å². The van der Waals surface area contributed by atoms with Crippen molar-refractivity contribution in [2.45, 2.75) is 31.3 Å². The van der Waals surface area contributed by atoms with Gasteiger partial charge in [-0.05, 0) is 72.6 Å². The van der Waals surface area contributed by atoms with Crippen LogP contribution in [0.4, 0.5) is 23.7 Å². The Morgan fingerprint density at radius 3 is 2.26 bits per heavy atom. The van der Waals surface area contributed by atoms with Crippen molar-refractivity contribution in [1.82, 2.24) is 4.90 Å². The van der Waals surface area contributed by atoms with Crippen LogP contribution in [0.15, 0.2) is 72.8 Å². The van der Waals surface area contributed by atoms with Crippen LogP contribution in [0.1, 0.15) is 30.0 Å². The zero-order chi connectivity index (χ0) is 26.7. The van der Waals surface area contributed by atoms with Gasteiger partial charge in [0.1, 0.15) is 11.5 Å². The molecule has 200 valence electrons. The third-order valence-corrected chi connectivity index (χ3v) is 6.73. The maximum absolute atomic E-state index is 13.6. The molecule has 2 aliphatic heterocycles. The smallest absolute Gasteiger partial charge is 0.416 e. The number of anilines is 1. The molecule has 6 nitrogen and oxygen atoms in total. The van der Waals surface area contributed by atoms with Gasteiger partial charge < -0.3 is 19.1 Å². The molecule has 10 heteroatoms. The highest BCUT2D eigenvalue weighted by molar-refractivity contribution is 6.30. The number of amides is 2. The van der Waals surface area contributed by atoms with Crippen molar-refractivity contribution in [3.05, 3.63) is 88.9 Å². The van der Waals surface area contributed by atoms with Gasteiger partial charge in [0, 0.05) is 30.2 Å². The number of urea groups is 1. The third kappa shape index (κ3) is 6.06. The topological polar surface area (TPSA) is 51.2 Å². The maximum Gasteiger partial charge on any atom is 0.416 e. The number of hydrogen-bond acceptors (Lipinski definition) is 4. The molecular weight excluding hydrogens is 521 g/mol. The highest BCUT2D eigenvalue weighted by Crippen LogP contribution is 2.38. The molecule has 0 aliphatic carbocycles. The van der Waals surface area contributed by atoms with Gasteiger partial charge in [0.05, 0.1) is 24.8 Å². The van der Waals surface area contributed by atoms with Crippen molar-refractivity contribution < 1.29 is 32.2 Å². The Hall–Kier alpha value is -3.27. The second-order valence-electron chi connectivity index (χ2n) is 9.10. The number of ether oxygens (including phenoxy) is 3. The molecule has 38 heavy (non-hydrogen) atoms. The third-order valence-electron chi connectivity index (χ3n) is 6.48. The summed E-state index contributed by atoms with van der Waals surface area (Å²) in [5.41, 5.74) is 0.201. The number of alkyl halides is 3. The van der Waals surface area contributed by atoms with E-state index >= 15 is 0 Å². The summed E-state index contributed by atoms with van der Waals surface area (Å²) in [6.45, 7) is 1.78. The second kappa shape index (κ2) is 11.2. The molecule has 2 fully saturated rings. The van der Waals surface area contributed by atoms with Crippen LogP contribution in [0.2, 0.25) is 5.02 Å². The summed E-state index contributed by atoms with van der Waals surface area (Å²) in [7, 11) is 0. The van der Waals surface area contributed by atoms with Crippen LogP contribution in [0, 0.1) is 0 Å². The van der Waals surface area contributed by atoms with Gasteiger partial charge in [-0.15, -0.1) is 0 Å². The van der Waals surface area contributed by atoms with Crippen molar-refractivity contribution in [2.75, 3.05) is 31.2 Å². The van der Waals surface area contributed by atoms with E-state index < -0.39 is 24.1 Å². The SMILES string of the molecule is O=C1N(CCC2OCCCO2)CC(c2cccc(C(F)(F)F)c2)N1c1ccc(Oc2ccc(Cl)cc2)cc1. The van der Waals surface area contributed by atoms with E-state index in [0.717, 1.165) is 18.6 Å². The summed E-state index contributed by atoms with van der Waals surface area (Å²) in [6, 6.07) is 18.0. The highest BCUT2D eigenvalue weighted by atomic mass is 35.5.